The Bertz CT molecular complexity index is 1070. The highest BCUT2D eigenvalue weighted by Gasteiger charge is 2.30. The number of carbonyl (C=O) groups is 1. The standard InChI is InChI=1S/C21H28N8O2/c1-5-16(21(30)29-7-8-31-11-13(29)3)26-18-17-20(25-12-24-18)28(6-2)19(27-17)15-9-22-14(4)23-10-15/h9-10,12-13,16H,5-8,11H2,1-4H3,(H,24,25,26)/t13-,16-/m1/s1. The molecule has 10 heteroatoms. The maximum absolute atomic E-state index is 13.2. The smallest absolute Gasteiger partial charge is 0.245 e. The van der Waals surface area contributed by atoms with Crippen molar-refractivity contribution < 1.29 is 9.53 Å². The molecule has 10 nitrogen and oxygen atoms in total. The predicted octanol–water partition coefficient (Wildman–Crippen LogP) is 2.05. The zero-order chi connectivity index (χ0) is 22.0. The van der Waals surface area contributed by atoms with Gasteiger partial charge < -0.3 is 19.5 Å². The molecular weight excluding hydrogens is 396 g/mol. The molecule has 0 aromatic carbocycles. The van der Waals surface area contributed by atoms with Gasteiger partial charge >= 0.3 is 0 Å². The first-order chi connectivity index (χ1) is 15.0. The number of aromatic nitrogens is 6. The van der Waals surface area contributed by atoms with Crippen LogP contribution in [-0.2, 0) is 16.1 Å². The van der Waals surface area contributed by atoms with Crippen LogP contribution in [0.1, 0.15) is 33.0 Å². The number of carbonyl (C=O) groups excluding carboxylic acids is 1. The lowest BCUT2D eigenvalue weighted by molar-refractivity contribution is -0.140. The van der Waals surface area contributed by atoms with E-state index in [0.29, 0.717) is 55.5 Å². The van der Waals surface area contributed by atoms with Gasteiger partial charge in [0.1, 0.15) is 24.0 Å². The molecule has 3 aromatic rings. The molecule has 1 aliphatic heterocycles. The van der Waals surface area contributed by atoms with Crippen molar-refractivity contribution in [2.45, 2.75) is 52.7 Å². The van der Waals surface area contributed by atoms with Crippen LogP contribution in [0.4, 0.5) is 5.82 Å². The van der Waals surface area contributed by atoms with Crippen LogP contribution in [0.5, 0.6) is 0 Å². The second-order valence-corrected chi connectivity index (χ2v) is 7.65. The van der Waals surface area contributed by atoms with Crippen LogP contribution in [-0.4, -0.2) is 72.1 Å². The van der Waals surface area contributed by atoms with E-state index in [9.17, 15) is 4.79 Å². The third kappa shape index (κ3) is 4.07. The molecule has 4 heterocycles. The Balaban J connectivity index is 1.69. The monoisotopic (exact) mass is 424 g/mol. The van der Waals surface area contributed by atoms with Gasteiger partial charge in [-0.25, -0.2) is 24.9 Å². The number of anilines is 1. The molecule has 0 saturated carbocycles. The first-order valence-electron chi connectivity index (χ1n) is 10.7. The molecule has 1 aliphatic rings. The van der Waals surface area contributed by atoms with Crippen LogP contribution in [0.2, 0.25) is 0 Å². The molecule has 1 saturated heterocycles. The quantitative estimate of drug-likeness (QED) is 0.640. The van der Waals surface area contributed by atoms with Crippen molar-refractivity contribution in [1.29, 1.82) is 0 Å². The number of fused-ring (bicyclic) bond motifs is 1. The maximum Gasteiger partial charge on any atom is 0.245 e. The van der Waals surface area contributed by atoms with E-state index in [0.717, 1.165) is 11.4 Å². The van der Waals surface area contributed by atoms with Crippen LogP contribution in [0.25, 0.3) is 22.6 Å². The predicted molar refractivity (Wildman–Crippen MR) is 116 cm³/mol. The van der Waals surface area contributed by atoms with E-state index in [1.165, 1.54) is 6.33 Å². The average molecular weight is 425 g/mol. The summed E-state index contributed by atoms with van der Waals surface area (Å²) in [4.78, 5) is 37.3. The topological polar surface area (TPSA) is 111 Å². The van der Waals surface area contributed by atoms with Gasteiger partial charge in [-0.2, -0.15) is 0 Å². The number of hydrogen-bond acceptors (Lipinski definition) is 8. The highest BCUT2D eigenvalue weighted by molar-refractivity contribution is 5.90. The average Bonchev–Trinajstić information content (AvgIpc) is 3.17. The fourth-order valence-corrected chi connectivity index (χ4v) is 3.83. The van der Waals surface area contributed by atoms with Gasteiger partial charge in [0.2, 0.25) is 5.91 Å². The molecule has 0 radical (unpaired) electrons. The van der Waals surface area contributed by atoms with Gasteiger partial charge in [-0.3, -0.25) is 4.79 Å². The Labute approximate surface area is 181 Å². The highest BCUT2D eigenvalue weighted by Crippen LogP contribution is 2.27. The van der Waals surface area contributed by atoms with Crippen molar-refractivity contribution in [1.82, 2.24) is 34.4 Å². The number of nitrogens with one attached hydrogen (secondary N) is 1. The van der Waals surface area contributed by atoms with Crippen LogP contribution in [0, 0.1) is 6.92 Å². The number of hydrogen-bond donors (Lipinski definition) is 1. The minimum Gasteiger partial charge on any atom is -0.377 e. The molecule has 1 N–H and O–H groups in total. The summed E-state index contributed by atoms with van der Waals surface area (Å²) in [5, 5.41) is 3.32. The first-order valence-corrected chi connectivity index (χ1v) is 10.7. The number of morpholine rings is 1. The van der Waals surface area contributed by atoms with Crippen molar-refractivity contribution in [3.63, 3.8) is 0 Å². The molecule has 0 aliphatic carbocycles. The van der Waals surface area contributed by atoms with Crippen molar-refractivity contribution in [2.75, 3.05) is 25.1 Å². The van der Waals surface area contributed by atoms with Crippen LogP contribution < -0.4 is 5.32 Å². The van der Waals surface area contributed by atoms with Gasteiger partial charge in [-0.1, -0.05) is 6.92 Å². The summed E-state index contributed by atoms with van der Waals surface area (Å²) < 4.78 is 7.47. The Morgan fingerprint density at radius 3 is 2.71 bits per heavy atom. The molecule has 0 unspecified atom stereocenters. The Hall–Kier alpha value is -3.14. The fourth-order valence-electron chi connectivity index (χ4n) is 3.83. The number of rotatable bonds is 6. The van der Waals surface area contributed by atoms with E-state index >= 15 is 0 Å². The molecule has 164 valence electrons. The van der Waals surface area contributed by atoms with Gasteiger partial charge in [-0.15, -0.1) is 0 Å². The van der Waals surface area contributed by atoms with E-state index in [1.807, 2.05) is 37.2 Å². The van der Waals surface area contributed by atoms with Gasteiger partial charge in [0, 0.05) is 25.5 Å². The zero-order valence-electron chi connectivity index (χ0n) is 18.4. The second kappa shape index (κ2) is 8.93. The summed E-state index contributed by atoms with van der Waals surface area (Å²) in [5.74, 6) is 2.02. The number of amides is 1. The maximum atomic E-state index is 13.2. The van der Waals surface area contributed by atoms with Gasteiger partial charge in [0.25, 0.3) is 0 Å². The molecule has 1 amide bonds. The normalized spacial score (nSPS) is 17.7. The third-order valence-corrected chi connectivity index (χ3v) is 5.56. The molecule has 0 spiro atoms. The van der Waals surface area contributed by atoms with Gasteiger partial charge in [0.05, 0.1) is 24.8 Å². The molecule has 3 aromatic heterocycles. The lowest BCUT2D eigenvalue weighted by Gasteiger charge is -2.35. The molecule has 4 rings (SSSR count). The number of ether oxygens (including phenoxy) is 1. The van der Waals surface area contributed by atoms with E-state index in [2.05, 4.69) is 25.3 Å². The zero-order valence-corrected chi connectivity index (χ0v) is 18.4. The van der Waals surface area contributed by atoms with Crippen molar-refractivity contribution in [3.8, 4) is 11.4 Å². The van der Waals surface area contributed by atoms with Gasteiger partial charge in [0.15, 0.2) is 17.0 Å². The summed E-state index contributed by atoms with van der Waals surface area (Å²) >= 11 is 0. The molecular formula is C21H28N8O2. The first kappa shape index (κ1) is 21.1. The minimum absolute atomic E-state index is 0.0483. The van der Waals surface area contributed by atoms with E-state index in [-0.39, 0.29) is 11.9 Å². The molecule has 0 bridgehead atoms. The van der Waals surface area contributed by atoms with Crippen LogP contribution in [0.3, 0.4) is 0 Å². The Morgan fingerprint density at radius 1 is 1.26 bits per heavy atom. The summed E-state index contributed by atoms with van der Waals surface area (Å²) in [5.41, 5.74) is 2.14. The number of aryl methyl sites for hydroxylation is 2. The number of nitrogens with zero attached hydrogens (tertiary/aromatic N) is 7. The molecule has 2 atom stereocenters. The number of imidazole rings is 1. The Morgan fingerprint density at radius 2 is 2.03 bits per heavy atom. The Kier molecular flexibility index (Phi) is 6.08. The largest absolute Gasteiger partial charge is 0.377 e. The van der Waals surface area contributed by atoms with Crippen molar-refractivity contribution >= 4 is 22.9 Å². The third-order valence-electron chi connectivity index (χ3n) is 5.56. The van der Waals surface area contributed by atoms with Crippen LogP contribution >= 0.6 is 0 Å². The van der Waals surface area contributed by atoms with E-state index in [1.54, 1.807) is 12.4 Å². The summed E-state index contributed by atoms with van der Waals surface area (Å²) in [6.07, 6.45) is 5.65. The highest BCUT2D eigenvalue weighted by atomic mass is 16.5. The molecule has 1 fully saturated rings. The van der Waals surface area contributed by atoms with Crippen molar-refractivity contribution in [3.05, 3.63) is 24.5 Å². The lowest BCUT2D eigenvalue weighted by atomic mass is 10.1. The van der Waals surface area contributed by atoms with E-state index < -0.39 is 6.04 Å². The SMILES string of the molecule is CC[C@@H](Nc1ncnc2c1nc(-c1cnc(C)nc1)n2CC)C(=O)N1CCOC[C@H]1C. The minimum atomic E-state index is -0.406. The summed E-state index contributed by atoms with van der Waals surface area (Å²) in [7, 11) is 0. The van der Waals surface area contributed by atoms with Crippen molar-refractivity contribution in [2.24, 2.45) is 0 Å². The van der Waals surface area contributed by atoms with Gasteiger partial charge in [-0.05, 0) is 27.2 Å². The summed E-state index contributed by atoms with van der Waals surface area (Å²) in [6.45, 7) is 10.3. The van der Waals surface area contributed by atoms with E-state index in [4.69, 9.17) is 9.72 Å². The fraction of sp³-hybridized carbons (Fsp3) is 0.524. The van der Waals surface area contributed by atoms with Crippen LogP contribution in [0.15, 0.2) is 18.7 Å². The second-order valence-electron chi connectivity index (χ2n) is 7.65. The summed E-state index contributed by atoms with van der Waals surface area (Å²) in [6, 6.07) is -0.355. The molecule has 31 heavy (non-hydrogen) atoms. The lowest BCUT2D eigenvalue weighted by Crippen LogP contribution is -2.52.